The number of hydrogen-bond acceptors (Lipinski definition) is 6. The summed E-state index contributed by atoms with van der Waals surface area (Å²) >= 11 is 1.49. The number of carbonyl (C=O) groups excluding carboxylic acids is 1. The highest BCUT2D eigenvalue weighted by molar-refractivity contribution is 7.90. The minimum absolute atomic E-state index is 0.321. The molecule has 3 aromatic rings. The van der Waals surface area contributed by atoms with Crippen LogP contribution in [0, 0.1) is 5.51 Å². The second-order valence-corrected chi connectivity index (χ2v) is 11.5. The molecule has 3 rings (SSSR count). The molecule has 0 atom stereocenters. The molecule has 2 aromatic carbocycles. The zero-order valence-electron chi connectivity index (χ0n) is 18.6. The Morgan fingerprint density at radius 1 is 1.03 bits per heavy atom. The number of hydrogen-bond donors (Lipinski definition) is 1. The fourth-order valence-corrected chi connectivity index (χ4v) is 4.47. The number of carbonyl (C=O) groups is 1. The van der Waals surface area contributed by atoms with E-state index in [9.17, 15) is 13.2 Å². The van der Waals surface area contributed by atoms with Crippen molar-refractivity contribution in [3.8, 4) is 0 Å². The van der Waals surface area contributed by atoms with Crippen LogP contribution >= 0.6 is 11.3 Å². The Labute approximate surface area is 193 Å². The first-order chi connectivity index (χ1) is 15.0. The molecule has 0 saturated heterocycles. The van der Waals surface area contributed by atoms with Crippen molar-refractivity contribution < 1.29 is 17.9 Å². The van der Waals surface area contributed by atoms with E-state index in [2.05, 4.69) is 15.8 Å². The third-order valence-corrected chi connectivity index (χ3v) is 6.57. The topological polar surface area (TPSA) is 85.4 Å². The lowest BCUT2D eigenvalue weighted by molar-refractivity contribution is 0.0636. The minimum Gasteiger partial charge on any atom is -0.444 e. The maximum absolute atomic E-state index is 11.9. The van der Waals surface area contributed by atoms with Gasteiger partial charge in [-0.05, 0) is 69.0 Å². The summed E-state index contributed by atoms with van der Waals surface area (Å²) in [6.07, 6.45) is 3.01. The second kappa shape index (κ2) is 9.83. The quantitative estimate of drug-likeness (QED) is 0.520. The molecule has 1 radical (unpaired) electrons. The van der Waals surface area contributed by atoms with Gasteiger partial charge in [-0.1, -0.05) is 24.3 Å². The molecule has 1 amide bonds. The van der Waals surface area contributed by atoms with Crippen molar-refractivity contribution in [2.75, 3.05) is 11.6 Å². The molecule has 32 heavy (non-hydrogen) atoms. The van der Waals surface area contributed by atoms with Crippen LogP contribution in [0.25, 0.3) is 0 Å². The summed E-state index contributed by atoms with van der Waals surface area (Å²) in [5.74, 6) is 0. The number of rotatable bonds is 7. The number of amides is 1. The molecular formula is C24H27N2O4S2. The Bertz CT molecular complexity index is 1160. The lowest BCUT2D eigenvalue weighted by Crippen LogP contribution is -2.27. The Balaban J connectivity index is 1.57. The number of aromatic nitrogens is 1. The molecule has 169 valence electrons. The maximum Gasteiger partial charge on any atom is 0.412 e. The molecule has 0 aliphatic carbocycles. The summed E-state index contributed by atoms with van der Waals surface area (Å²) in [7, 11) is -3.19. The highest BCUT2D eigenvalue weighted by atomic mass is 32.2. The lowest BCUT2D eigenvalue weighted by Gasteiger charge is -2.19. The molecule has 1 N–H and O–H groups in total. The zero-order valence-corrected chi connectivity index (χ0v) is 20.3. The van der Waals surface area contributed by atoms with Crippen LogP contribution in [0.2, 0.25) is 0 Å². The highest BCUT2D eigenvalue weighted by Gasteiger charge is 2.16. The zero-order chi connectivity index (χ0) is 23.4. The van der Waals surface area contributed by atoms with Gasteiger partial charge in [0, 0.05) is 23.2 Å². The van der Waals surface area contributed by atoms with Gasteiger partial charge in [0.1, 0.15) is 5.60 Å². The third-order valence-electron chi connectivity index (χ3n) is 4.64. The summed E-state index contributed by atoms with van der Waals surface area (Å²) in [5, 5.41) is 2.73. The standard InChI is InChI=1S/C24H27N2O4S2/c1-24(2,3)30-23(27)26-19-10-5-17(6-11-19)9-14-21-22(31-16-25-21)15-18-7-12-20(13-8-18)32(4,28)29/h5-8,10-13H,9,14-15H2,1-4H3,(H,26,27). The molecule has 0 aliphatic rings. The SMILES string of the molecule is CC(C)(C)OC(=O)Nc1ccc(CCc2n[c]sc2Cc2ccc(S(C)(=O)=O)cc2)cc1. The molecule has 0 saturated carbocycles. The summed E-state index contributed by atoms with van der Waals surface area (Å²) in [6.45, 7) is 5.47. The van der Waals surface area contributed by atoms with Crippen molar-refractivity contribution in [1.29, 1.82) is 0 Å². The largest absolute Gasteiger partial charge is 0.444 e. The number of sulfone groups is 1. The van der Waals surface area contributed by atoms with Crippen LogP contribution in [0.3, 0.4) is 0 Å². The fraction of sp³-hybridized carbons (Fsp3) is 0.333. The van der Waals surface area contributed by atoms with E-state index in [1.807, 2.05) is 57.2 Å². The summed E-state index contributed by atoms with van der Waals surface area (Å²) in [6, 6.07) is 14.6. The van der Waals surface area contributed by atoms with E-state index in [1.165, 1.54) is 17.6 Å². The number of ether oxygens (including phenoxy) is 1. The molecule has 1 aromatic heterocycles. The van der Waals surface area contributed by atoms with E-state index >= 15 is 0 Å². The number of nitrogens with one attached hydrogen (secondary N) is 1. The van der Waals surface area contributed by atoms with Crippen LogP contribution in [0.4, 0.5) is 10.5 Å². The van der Waals surface area contributed by atoms with E-state index in [4.69, 9.17) is 4.74 Å². The van der Waals surface area contributed by atoms with E-state index in [0.29, 0.717) is 17.0 Å². The van der Waals surface area contributed by atoms with Gasteiger partial charge in [-0.15, -0.1) is 11.3 Å². The Hall–Kier alpha value is -2.71. The lowest BCUT2D eigenvalue weighted by atomic mass is 10.0. The number of thiazole rings is 1. The second-order valence-electron chi connectivity index (χ2n) is 8.59. The van der Waals surface area contributed by atoms with E-state index < -0.39 is 21.5 Å². The average Bonchev–Trinajstić information content (AvgIpc) is 3.12. The van der Waals surface area contributed by atoms with Gasteiger partial charge in [0.2, 0.25) is 0 Å². The van der Waals surface area contributed by atoms with Crippen LogP contribution in [0.5, 0.6) is 0 Å². The molecule has 1 heterocycles. The Morgan fingerprint density at radius 3 is 2.25 bits per heavy atom. The maximum atomic E-state index is 11.9. The van der Waals surface area contributed by atoms with Crippen molar-refractivity contribution in [1.82, 2.24) is 4.98 Å². The van der Waals surface area contributed by atoms with Crippen molar-refractivity contribution in [3.05, 3.63) is 75.7 Å². The number of nitrogens with zero attached hydrogens (tertiary/aromatic N) is 1. The van der Waals surface area contributed by atoms with E-state index in [-0.39, 0.29) is 0 Å². The summed E-state index contributed by atoms with van der Waals surface area (Å²) < 4.78 is 28.5. The van der Waals surface area contributed by atoms with Gasteiger partial charge < -0.3 is 4.74 Å². The Morgan fingerprint density at radius 2 is 1.66 bits per heavy atom. The molecule has 0 spiro atoms. The Kier molecular flexibility index (Phi) is 7.36. The molecular weight excluding hydrogens is 444 g/mol. The molecule has 8 heteroatoms. The highest BCUT2D eigenvalue weighted by Crippen LogP contribution is 2.21. The fourth-order valence-electron chi connectivity index (χ4n) is 3.07. The number of aryl methyl sites for hydroxylation is 2. The molecule has 0 unspecified atom stereocenters. The first-order valence-corrected chi connectivity index (χ1v) is 12.9. The predicted octanol–water partition coefficient (Wildman–Crippen LogP) is 5.07. The van der Waals surface area contributed by atoms with E-state index in [0.717, 1.165) is 34.5 Å². The van der Waals surface area contributed by atoms with Gasteiger partial charge in [0.25, 0.3) is 0 Å². The van der Waals surface area contributed by atoms with Gasteiger partial charge in [-0.2, -0.15) is 0 Å². The van der Waals surface area contributed by atoms with Crippen LogP contribution in [0.15, 0.2) is 53.4 Å². The normalized spacial score (nSPS) is 11.9. The first-order valence-electron chi connectivity index (χ1n) is 10.2. The smallest absolute Gasteiger partial charge is 0.412 e. The van der Waals surface area contributed by atoms with Crippen LogP contribution in [-0.2, 0) is 33.8 Å². The molecule has 0 bridgehead atoms. The monoisotopic (exact) mass is 471 g/mol. The predicted molar refractivity (Wildman–Crippen MR) is 127 cm³/mol. The summed E-state index contributed by atoms with van der Waals surface area (Å²) in [4.78, 5) is 17.7. The molecule has 0 aliphatic heterocycles. The number of benzene rings is 2. The van der Waals surface area contributed by atoms with Gasteiger partial charge >= 0.3 is 6.09 Å². The third kappa shape index (κ3) is 7.17. The van der Waals surface area contributed by atoms with Crippen molar-refractivity contribution in [3.63, 3.8) is 0 Å². The molecule has 6 nitrogen and oxygen atoms in total. The van der Waals surface area contributed by atoms with Crippen LogP contribution in [-0.4, -0.2) is 31.4 Å². The number of anilines is 1. The average molecular weight is 472 g/mol. The minimum atomic E-state index is -3.19. The van der Waals surface area contributed by atoms with Gasteiger partial charge in [-0.3, -0.25) is 5.32 Å². The first kappa shape index (κ1) is 23.9. The van der Waals surface area contributed by atoms with Crippen LogP contribution < -0.4 is 5.32 Å². The van der Waals surface area contributed by atoms with Crippen LogP contribution in [0.1, 0.15) is 42.5 Å². The summed E-state index contributed by atoms with van der Waals surface area (Å²) in [5.41, 5.74) is 6.29. The van der Waals surface area contributed by atoms with Crippen molar-refractivity contribution >= 4 is 33.0 Å². The molecule has 0 fully saturated rings. The van der Waals surface area contributed by atoms with E-state index in [1.54, 1.807) is 12.1 Å². The van der Waals surface area contributed by atoms with Gasteiger partial charge in [0.05, 0.1) is 10.6 Å². The van der Waals surface area contributed by atoms with Gasteiger partial charge in [0.15, 0.2) is 15.3 Å². The van der Waals surface area contributed by atoms with Crippen molar-refractivity contribution in [2.45, 2.75) is 50.5 Å². The van der Waals surface area contributed by atoms with Crippen molar-refractivity contribution in [2.24, 2.45) is 0 Å². The van der Waals surface area contributed by atoms with Gasteiger partial charge in [-0.25, -0.2) is 18.2 Å².